The zero-order valence-corrected chi connectivity index (χ0v) is 46.8. The Morgan fingerprint density at radius 2 is 1.31 bits per heavy atom. The van der Waals surface area contributed by atoms with Gasteiger partial charge >= 0.3 is 12.4 Å². The topological polar surface area (TPSA) is 457 Å². The van der Waals surface area contributed by atoms with Gasteiger partial charge in [0.2, 0.25) is 35.4 Å². The molecular weight excluding hydrogens is 1210 g/mol. The smallest absolute Gasteiger partial charge is 0.416 e. The van der Waals surface area contributed by atoms with Crippen LogP contribution in [0.2, 0.25) is 0 Å². The summed E-state index contributed by atoms with van der Waals surface area (Å²) in [5.41, 5.74) is -4.09. The third kappa shape index (κ3) is 15.9. The van der Waals surface area contributed by atoms with Crippen molar-refractivity contribution >= 4 is 76.1 Å². The van der Waals surface area contributed by atoms with Gasteiger partial charge in [0.15, 0.2) is 23.3 Å². The van der Waals surface area contributed by atoms with Crippen molar-refractivity contribution in [1.29, 1.82) is 10.8 Å². The first-order valence-electron chi connectivity index (χ1n) is 26.9. The highest BCUT2D eigenvalue weighted by Gasteiger charge is 2.53. The molecular formula is C52H64F6N14O15S. The summed E-state index contributed by atoms with van der Waals surface area (Å²) in [6, 6.07) is -1.36. The van der Waals surface area contributed by atoms with Gasteiger partial charge < -0.3 is 109 Å². The summed E-state index contributed by atoms with van der Waals surface area (Å²) < 4.78 is 87.9. The summed E-state index contributed by atoms with van der Waals surface area (Å²) in [7, 11) is 0. The molecule has 3 aromatic rings. The van der Waals surface area contributed by atoms with Crippen molar-refractivity contribution in [2.45, 2.75) is 123 Å². The number of anilines is 2. The van der Waals surface area contributed by atoms with Gasteiger partial charge in [-0.25, -0.2) is 0 Å². The minimum absolute atomic E-state index is 0.0304. The van der Waals surface area contributed by atoms with Crippen LogP contribution < -0.4 is 58.5 Å². The van der Waals surface area contributed by atoms with E-state index < -0.39 is 205 Å². The highest BCUT2D eigenvalue weighted by Crippen LogP contribution is 2.38. The van der Waals surface area contributed by atoms with Crippen LogP contribution in [0.15, 0.2) is 66.7 Å². The first-order valence-corrected chi connectivity index (χ1v) is 27.3. The molecule has 4 aliphatic heterocycles. The van der Waals surface area contributed by atoms with Crippen LogP contribution in [0.1, 0.15) is 41.5 Å². The van der Waals surface area contributed by atoms with Crippen molar-refractivity contribution < 1.29 is 101 Å². The third-order valence-corrected chi connectivity index (χ3v) is 15.1. The quantitative estimate of drug-likeness (QED) is 0.0413. The number of halogens is 6. The minimum atomic E-state index is -5.24. The zero-order valence-electron chi connectivity index (χ0n) is 46.0. The molecule has 0 bridgehead atoms. The van der Waals surface area contributed by atoms with E-state index in [2.05, 4.69) is 58.5 Å². The lowest BCUT2D eigenvalue weighted by Gasteiger charge is -2.46. The molecule has 4 saturated heterocycles. The van der Waals surface area contributed by atoms with Crippen molar-refractivity contribution in [3.8, 4) is 5.75 Å². The fourth-order valence-electron chi connectivity index (χ4n) is 10.3. The van der Waals surface area contributed by atoms with E-state index in [1.807, 2.05) is 0 Å². The summed E-state index contributed by atoms with van der Waals surface area (Å²) in [5, 5.41) is 130. The van der Waals surface area contributed by atoms with Crippen LogP contribution in [-0.2, 0) is 52.3 Å². The van der Waals surface area contributed by atoms with E-state index in [9.17, 15) is 86.4 Å². The number of guanidine groups is 2. The van der Waals surface area contributed by atoms with E-state index >= 15 is 9.59 Å². The van der Waals surface area contributed by atoms with Crippen LogP contribution in [0.25, 0.3) is 0 Å². The Morgan fingerprint density at radius 3 is 1.91 bits per heavy atom. The first-order chi connectivity index (χ1) is 41.4. The van der Waals surface area contributed by atoms with Crippen molar-refractivity contribution in [2.24, 2.45) is 0 Å². The molecule has 0 aromatic heterocycles. The predicted molar refractivity (Wildman–Crippen MR) is 297 cm³/mol. The number of hydrogen-bond acceptors (Lipinski definition) is 18. The maximum atomic E-state index is 15.1. The second-order valence-corrected chi connectivity index (χ2v) is 21.2. The molecule has 6 amide bonds. The molecule has 0 aliphatic carbocycles. The Labute approximate surface area is 500 Å². The lowest BCUT2D eigenvalue weighted by atomic mass is 9.88. The minimum Gasteiger partial charge on any atom is -0.506 e. The van der Waals surface area contributed by atoms with Gasteiger partial charge in [0.05, 0.1) is 48.7 Å². The Kier molecular flexibility index (Phi) is 21.6. The standard InChI is InChI=1S/C52H64F6N14O15S/c1-2-25(21-6-4-3-5-7-21)34-44(84)65-27(11-20-8-9-31(75)26(10-20)68-50(88)64-24-13-22(51(53,54)55)12-23(14-24)52(56,57)58)43(83)70-35(37(77)28-15-62-48(59)67-28)46(86)71-36(45(85)66-29(18-73)42(82)61-17-33(76)69-34)38(78)30-16-63-49(60)72(30)47-41(81)40(80)39(79)32(19-74)87-47/h3-10,12-14,25,27-30,32,34-41,47,73-75,77-81H,2,11,15-19H2,1H3,(H2,60,63)(H,61,82)(H,65,84)(H,66,85)(H,69,76)(H,70,83)(H,71,86)(H3,59,62,67)(H2,64,68,88). The number of carbonyl (C=O) groups is 6. The molecule has 480 valence electrons. The van der Waals surface area contributed by atoms with Gasteiger partial charge in [-0.1, -0.05) is 43.3 Å². The SMILES string of the molecule is CCC(c1ccccc1)C1NC(=O)CNC(=O)C(CO)NC(=O)C(C(O)C2CNC(=N)N2C2OC(CO)C(O)C(O)C2O)NC(=O)C(C(O)C2CNC(=N)N2)NC(=O)C(Cc2ccc(O)c(NC(=S)Nc3cc(C(F)(F)F)cc(C(F)(F)F)c3)c2)NC1=O. The van der Waals surface area contributed by atoms with E-state index in [0.29, 0.717) is 17.7 Å². The third-order valence-electron chi connectivity index (χ3n) is 14.8. The number of rotatable bonds is 14. The molecule has 0 saturated carbocycles. The number of phenolic OH excluding ortho intramolecular Hbond substituents is 1. The van der Waals surface area contributed by atoms with E-state index in [1.54, 1.807) is 37.3 Å². The second-order valence-electron chi connectivity index (χ2n) is 20.8. The molecule has 36 heteroatoms. The zero-order chi connectivity index (χ0) is 64.7. The first kappa shape index (κ1) is 67.3. The fourth-order valence-corrected chi connectivity index (χ4v) is 10.5. The van der Waals surface area contributed by atoms with Crippen molar-refractivity contribution in [1.82, 2.24) is 52.8 Å². The van der Waals surface area contributed by atoms with E-state index in [0.717, 1.165) is 17.0 Å². The van der Waals surface area contributed by atoms with Crippen molar-refractivity contribution in [3.05, 3.63) is 89.0 Å². The van der Waals surface area contributed by atoms with Gasteiger partial charge in [0.25, 0.3) is 0 Å². The van der Waals surface area contributed by atoms with Gasteiger partial charge in [0.1, 0.15) is 72.6 Å². The normalized spacial score (nSPS) is 28.1. The Hall–Kier alpha value is -8.23. The molecule has 15 atom stereocenters. The van der Waals surface area contributed by atoms with Crippen molar-refractivity contribution in [2.75, 3.05) is 43.5 Å². The summed E-state index contributed by atoms with van der Waals surface area (Å²) in [6.07, 6.45) is -25.0. The Balaban J connectivity index is 1.29. The van der Waals surface area contributed by atoms with Crippen LogP contribution in [0.5, 0.6) is 5.75 Å². The average molecular weight is 1270 g/mol. The maximum Gasteiger partial charge on any atom is 0.416 e. The summed E-state index contributed by atoms with van der Waals surface area (Å²) >= 11 is 5.21. The molecule has 4 heterocycles. The highest BCUT2D eigenvalue weighted by molar-refractivity contribution is 7.80. The summed E-state index contributed by atoms with van der Waals surface area (Å²) in [6.45, 7) is -2.29. The number of nitrogens with one attached hydrogen (secondary N) is 13. The molecule has 0 radical (unpaired) electrons. The number of aliphatic hydroxyl groups excluding tert-OH is 7. The van der Waals surface area contributed by atoms with Gasteiger partial charge in [0, 0.05) is 31.1 Å². The predicted octanol–water partition coefficient (Wildman–Crippen LogP) is -4.25. The Morgan fingerprint density at radius 1 is 0.693 bits per heavy atom. The number of ether oxygens (including phenoxy) is 1. The molecule has 0 spiro atoms. The summed E-state index contributed by atoms with van der Waals surface area (Å²) in [4.78, 5) is 88.0. The van der Waals surface area contributed by atoms with Gasteiger partial charge in [-0.15, -0.1) is 0 Å². The average Bonchev–Trinajstić information content (AvgIpc) is 2.01. The van der Waals surface area contributed by atoms with E-state index in [4.69, 9.17) is 27.8 Å². The number of alkyl halides is 6. The van der Waals surface area contributed by atoms with Crippen molar-refractivity contribution in [3.63, 3.8) is 0 Å². The van der Waals surface area contributed by atoms with E-state index in [1.165, 1.54) is 6.07 Å². The largest absolute Gasteiger partial charge is 0.506 e. The molecule has 4 fully saturated rings. The molecule has 21 N–H and O–H groups in total. The molecule has 3 aromatic carbocycles. The van der Waals surface area contributed by atoms with Crippen LogP contribution >= 0.6 is 12.2 Å². The Bertz CT molecular complexity index is 3070. The number of aliphatic hydroxyl groups is 7. The number of aromatic hydroxyl groups is 1. The fraction of sp³-hybridized carbons (Fsp3) is 0.481. The number of hydrogen-bond donors (Lipinski definition) is 21. The molecule has 15 unspecified atom stereocenters. The van der Waals surface area contributed by atoms with Gasteiger partial charge in [-0.3, -0.25) is 39.6 Å². The number of thiocarbonyl (C=S) groups is 1. The number of nitrogens with zero attached hydrogens (tertiary/aromatic N) is 1. The maximum absolute atomic E-state index is 15.1. The second kappa shape index (κ2) is 28.3. The number of amides is 6. The molecule has 7 rings (SSSR count). The van der Waals surface area contributed by atoms with Crippen LogP contribution in [0, 0.1) is 10.8 Å². The van der Waals surface area contributed by atoms with Crippen LogP contribution in [0.3, 0.4) is 0 Å². The lowest BCUT2D eigenvalue weighted by molar-refractivity contribution is -0.260. The van der Waals surface area contributed by atoms with Gasteiger partial charge in [-0.05, 0) is 60.1 Å². The molecule has 88 heavy (non-hydrogen) atoms. The van der Waals surface area contributed by atoms with Crippen LogP contribution in [0.4, 0.5) is 37.7 Å². The number of phenols is 1. The molecule has 29 nitrogen and oxygen atoms in total. The highest BCUT2D eigenvalue weighted by atomic mass is 32.1. The van der Waals surface area contributed by atoms with E-state index in [-0.39, 0.29) is 36.2 Å². The molecule has 4 aliphatic rings. The lowest BCUT2D eigenvalue weighted by Crippen LogP contribution is -2.69. The summed E-state index contributed by atoms with van der Waals surface area (Å²) in [5.74, 6) is -10.3. The number of benzene rings is 3. The monoisotopic (exact) mass is 1270 g/mol. The number of carbonyl (C=O) groups excluding carboxylic acids is 6. The van der Waals surface area contributed by atoms with Crippen LogP contribution in [-0.4, -0.2) is 216 Å². The van der Waals surface area contributed by atoms with Gasteiger partial charge in [-0.2, -0.15) is 26.3 Å².